The highest BCUT2D eigenvalue weighted by Crippen LogP contribution is 2.16. The van der Waals surface area contributed by atoms with Gasteiger partial charge < -0.3 is 0 Å². The third kappa shape index (κ3) is 3.40. The summed E-state index contributed by atoms with van der Waals surface area (Å²) in [6.45, 7) is 7.02. The van der Waals surface area contributed by atoms with Crippen LogP contribution in [0.5, 0.6) is 0 Å². The van der Waals surface area contributed by atoms with E-state index in [-0.39, 0.29) is 5.78 Å². The molecule has 1 atom stereocenters. The highest BCUT2D eigenvalue weighted by molar-refractivity contribution is 5.97. The lowest BCUT2D eigenvalue weighted by Gasteiger charge is -2.30. The Balaban J connectivity index is 1.94. The van der Waals surface area contributed by atoms with Crippen molar-refractivity contribution < 1.29 is 4.79 Å². The summed E-state index contributed by atoms with van der Waals surface area (Å²) < 4.78 is 0. The molecule has 0 N–H and O–H groups in total. The molecule has 0 unspecified atom stereocenters. The number of likely N-dealkylation sites (tertiary alicyclic amines) is 1. The molecule has 2 nitrogen and oxygen atoms in total. The van der Waals surface area contributed by atoms with Crippen LogP contribution in [-0.4, -0.2) is 30.3 Å². The number of benzene rings is 1. The van der Waals surface area contributed by atoms with Crippen LogP contribution >= 0.6 is 0 Å². The molecule has 0 bridgehead atoms. The first-order valence-electron chi connectivity index (χ1n) is 6.47. The summed E-state index contributed by atoms with van der Waals surface area (Å²) in [6.07, 6.45) is 2.53. The van der Waals surface area contributed by atoms with Gasteiger partial charge in [0.25, 0.3) is 0 Å². The highest BCUT2D eigenvalue weighted by atomic mass is 16.1. The molecule has 92 valence electrons. The van der Waals surface area contributed by atoms with E-state index in [0.29, 0.717) is 6.54 Å². The van der Waals surface area contributed by atoms with E-state index in [4.69, 9.17) is 0 Å². The number of hydrogen-bond donors (Lipinski definition) is 0. The topological polar surface area (TPSA) is 20.3 Å². The Morgan fingerprint density at radius 2 is 2.06 bits per heavy atom. The fourth-order valence-corrected chi connectivity index (χ4v) is 2.46. The Morgan fingerprint density at radius 1 is 1.35 bits per heavy atom. The van der Waals surface area contributed by atoms with Crippen LogP contribution in [0.15, 0.2) is 24.3 Å². The van der Waals surface area contributed by atoms with Crippen LogP contribution < -0.4 is 0 Å². The molecule has 1 aliphatic rings. The normalized spacial score (nSPS) is 21.4. The number of rotatable bonds is 3. The van der Waals surface area contributed by atoms with E-state index in [1.54, 1.807) is 0 Å². The van der Waals surface area contributed by atoms with Crippen molar-refractivity contribution in [3.05, 3.63) is 35.4 Å². The second-order valence-corrected chi connectivity index (χ2v) is 5.27. The SMILES string of the molecule is Cc1ccc(C(=O)CN2CCC[C@@H](C)C2)cc1. The zero-order valence-electron chi connectivity index (χ0n) is 10.8. The minimum atomic E-state index is 0.249. The summed E-state index contributed by atoms with van der Waals surface area (Å²) >= 11 is 0. The zero-order valence-corrected chi connectivity index (χ0v) is 10.8. The molecule has 1 aromatic rings. The summed E-state index contributed by atoms with van der Waals surface area (Å²) in [4.78, 5) is 14.4. The fourth-order valence-electron chi connectivity index (χ4n) is 2.46. The maximum Gasteiger partial charge on any atom is 0.176 e. The minimum absolute atomic E-state index is 0.249. The van der Waals surface area contributed by atoms with Crippen molar-refractivity contribution in [3.8, 4) is 0 Å². The smallest absolute Gasteiger partial charge is 0.176 e. The Morgan fingerprint density at radius 3 is 2.71 bits per heavy atom. The van der Waals surface area contributed by atoms with Crippen LogP contribution in [0.2, 0.25) is 0 Å². The van der Waals surface area contributed by atoms with E-state index in [2.05, 4.69) is 11.8 Å². The van der Waals surface area contributed by atoms with Crippen LogP contribution in [0, 0.1) is 12.8 Å². The average molecular weight is 231 g/mol. The number of carbonyl (C=O) groups excluding carboxylic acids is 1. The lowest BCUT2D eigenvalue weighted by molar-refractivity contribution is 0.0893. The fraction of sp³-hybridized carbons (Fsp3) is 0.533. The molecule has 2 rings (SSSR count). The zero-order chi connectivity index (χ0) is 12.3. The van der Waals surface area contributed by atoms with Crippen molar-refractivity contribution in [2.24, 2.45) is 5.92 Å². The van der Waals surface area contributed by atoms with Gasteiger partial charge in [0.1, 0.15) is 0 Å². The number of hydrogen-bond acceptors (Lipinski definition) is 2. The van der Waals surface area contributed by atoms with E-state index in [1.807, 2.05) is 31.2 Å². The molecule has 17 heavy (non-hydrogen) atoms. The van der Waals surface area contributed by atoms with Crippen molar-refractivity contribution in [1.29, 1.82) is 0 Å². The van der Waals surface area contributed by atoms with Gasteiger partial charge in [-0.25, -0.2) is 0 Å². The van der Waals surface area contributed by atoms with Crippen LogP contribution in [0.3, 0.4) is 0 Å². The Bertz CT molecular complexity index is 382. The van der Waals surface area contributed by atoms with Gasteiger partial charge in [-0.3, -0.25) is 9.69 Å². The monoisotopic (exact) mass is 231 g/mol. The predicted molar refractivity (Wildman–Crippen MR) is 70.3 cm³/mol. The summed E-state index contributed by atoms with van der Waals surface area (Å²) in [5, 5.41) is 0. The van der Waals surface area contributed by atoms with Crippen LogP contribution in [0.1, 0.15) is 35.7 Å². The quantitative estimate of drug-likeness (QED) is 0.745. The summed E-state index contributed by atoms with van der Waals surface area (Å²) in [5.41, 5.74) is 2.04. The summed E-state index contributed by atoms with van der Waals surface area (Å²) in [6, 6.07) is 7.88. The molecule has 1 aliphatic heterocycles. The Hall–Kier alpha value is -1.15. The number of Topliss-reactive ketones (excluding diaryl/α,β-unsaturated/α-hetero) is 1. The van der Waals surface area contributed by atoms with Crippen LogP contribution in [-0.2, 0) is 0 Å². The summed E-state index contributed by atoms with van der Waals surface area (Å²) in [5.74, 6) is 0.980. The maximum absolute atomic E-state index is 12.1. The van der Waals surface area contributed by atoms with Gasteiger partial charge in [-0.1, -0.05) is 36.8 Å². The van der Waals surface area contributed by atoms with Crippen molar-refractivity contribution >= 4 is 5.78 Å². The molecule has 0 spiro atoms. The van der Waals surface area contributed by atoms with Gasteiger partial charge in [-0.15, -0.1) is 0 Å². The molecule has 1 heterocycles. The number of nitrogens with zero attached hydrogens (tertiary/aromatic N) is 1. The lowest BCUT2D eigenvalue weighted by atomic mass is 9.99. The Labute approximate surface area is 104 Å². The molecule has 0 aliphatic carbocycles. The second kappa shape index (κ2) is 5.46. The predicted octanol–water partition coefficient (Wildman–Crippen LogP) is 2.91. The number of piperidine rings is 1. The van der Waals surface area contributed by atoms with Crippen molar-refractivity contribution in [2.45, 2.75) is 26.7 Å². The lowest BCUT2D eigenvalue weighted by Crippen LogP contribution is -2.37. The van der Waals surface area contributed by atoms with Crippen LogP contribution in [0.25, 0.3) is 0 Å². The highest BCUT2D eigenvalue weighted by Gasteiger charge is 2.18. The van der Waals surface area contributed by atoms with Gasteiger partial charge in [0.2, 0.25) is 0 Å². The van der Waals surface area contributed by atoms with E-state index >= 15 is 0 Å². The Kier molecular flexibility index (Phi) is 3.95. The van der Waals surface area contributed by atoms with E-state index in [0.717, 1.165) is 24.6 Å². The molecule has 1 saturated heterocycles. The van der Waals surface area contributed by atoms with Crippen molar-refractivity contribution in [2.75, 3.05) is 19.6 Å². The van der Waals surface area contributed by atoms with Crippen LogP contribution in [0.4, 0.5) is 0 Å². The summed E-state index contributed by atoms with van der Waals surface area (Å²) in [7, 11) is 0. The third-order valence-corrected chi connectivity index (χ3v) is 3.48. The van der Waals surface area contributed by atoms with Gasteiger partial charge in [-0.05, 0) is 32.2 Å². The third-order valence-electron chi connectivity index (χ3n) is 3.48. The molecular weight excluding hydrogens is 210 g/mol. The number of aryl methyl sites for hydroxylation is 1. The van der Waals surface area contributed by atoms with Gasteiger partial charge >= 0.3 is 0 Å². The van der Waals surface area contributed by atoms with E-state index in [1.165, 1.54) is 18.4 Å². The molecular formula is C15H21NO. The standard InChI is InChI=1S/C15H21NO/c1-12-5-7-14(8-6-12)15(17)11-16-9-3-4-13(2)10-16/h5-8,13H,3-4,9-11H2,1-2H3/t13-/m1/s1. The minimum Gasteiger partial charge on any atom is -0.296 e. The molecule has 0 aromatic heterocycles. The van der Waals surface area contributed by atoms with Gasteiger partial charge in [-0.2, -0.15) is 0 Å². The van der Waals surface area contributed by atoms with Crippen molar-refractivity contribution in [3.63, 3.8) is 0 Å². The first kappa shape index (κ1) is 12.3. The first-order valence-corrected chi connectivity index (χ1v) is 6.47. The number of carbonyl (C=O) groups is 1. The molecule has 1 aromatic carbocycles. The molecule has 0 saturated carbocycles. The molecule has 1 fully saturated rings. The molecule has 0 amide bonds. The average Bonchev–Trinajstić information content (AvgIpc) is 2.29. The number of ketones is 1. The van der Waals surface area contributed by atoms with Crippen molar-refractivity contribution in [1.82, 2.24) is 4.90 Å². The van der Waals surface area contributed by atoms with E-state index < -0.39 is 0 Å². The second-order valence-electron chi connectivity index (χ2n) is 5.27. The molecule has 2 heteroatoms. The largest absolute Gasteiger partial charge is 0.296 e. The van der Waals surface area contributed by atoms with Gasteiger partial charge in [0.05, 0.1) is 6.54 Å². The van der Waals surface area contributed by atoms with E-state index in [9.17, 15) is 4.79 Å². The first-order chi connectivity index (χ1) is 8.15. The van der Waals surface area contributed by atoms with Gasteiger partial charge in [0.15, 0.2) is 5.78 Å². The van der Waals surface area contributed by atoms with Gasteiger partial charge in [0, 0.05) is 12.1 Å². The molecule has 0 radical (unpaired) electrons. The maximum atomic E-state index is 12.1.